The monoisotopic (exact) mass is 489 g/mol. The standard InChI is InChI=1S/C27H43N3O3S/c1-25(2,3)33-24(32)29-15-8-21(9-16-29)19-23(31)30-17-14-26(20-30)10-12-27(13-11-26,28(4)5)22-7-6-18-34-22/h6-7,18,21H,8-17,19-20H2,1-5H3. The summed E-state index contributed by atoms with van der Waals surface area (Å²) in [4.78, 5) is 33.3. The first-order valence-electron chi connectivity index (χ1n) is 13.0. The Morgan fingerprint density at radius 1 is 1.06 bits per heavy atom. The summed E-state index contributed by atoms with van der Waals surface area (Å²) in [7, 11) is 4.44. The van der Waals surface area contributed by atoms with Gasteiger partial charge in [0, 0.05) is 37.5 Å². The number of piperidine rings is 1. The molecule has 1 aromatic heterocycles. The molecule has 0 radical (unpaired) electrons. The van der Waals surface area contributed by atoms with Gasteiger partial charge in [-0.2, -0.15) is 0 Å². The summed E-state index contributed by atoms with van der Waals surface area (Å²) in [6, 6.07) is 4.46. The molecule has 1 aromatic rings. The van der Waals surface area contributed by atoms with Gasteiger partial charge >= 0.3 is 6.09 Å². The zero-order valence-corrected chi connectivity index (χ0v) is 22.6. The lowest BCUT2D eigenvalue weighted by atomic mass is 9.66. The van der Waals surface area contributed by atoms with E-state index in [1.165, 1.54) is 30.6 Å². The Bertz CT molecular complexity index is 845. The van der Waals surface area contributed by atoms with Crippen molar-refractivity contribution in [3.63, 3.8) is 0 Å². The number of carbonyl (C=O) groups excluding carboxylic acids is 2. The van der Waals surface area contributed by atoms with Gasteiger partial charge in [-0.3, -0.25) is 9.69 Å². The Labute approximate surface area is 209 Å². The number of hydrogen-bond acceptors (Lipinski definition) is 5. The summed E-state index contributed by atoms with van der Waals surface area (Å²) in [5.41, 5.74) is -0.0177. The highest BCUT2D eigenvalue weighted by atomic mass is 32.1. The van der Waals surface area contributed by atoms with Crippen molar-refractivity contribution in [2.45, 2.75) is 83.3 Å². The highest BCUT2D eigenvalue weighted by Crippen LogP contribution is 2.52. The zero-order chi connectivity index (χ0) is 24.6. The molecule has 1 saturated carbocycles. The van der Waals surface area contributed by atoms with Crippen LogP contribution in [0.25, 0.3) is 0 Å². The van der Waals surface area contributed by atoms with Gasteiger partial charge in [-0.15, -0.1) is 11.3 Å². The maximum Gasteiger partial charge on any atom is 0.410 e. The van der Waals surface area contributed by atoms with Gasteiger partial charge in [-0.1, -0.05) is 6.07 Å². The van der Waals surface area contributed by atoms with Crippen LogP contribution < -0.4 is 0 Å². The molecule has 0 aromatic carbocycles. The van der Waals surface area contributed by atoms with E-state index < -0.39 is 5.60 Å². The second-order valence-corrected chi connectivity index (χ2v) is 13.0. The first-order valence-corrected chi connectivity index (χ1v) is 13.9. The van der Waals surface area contributed by atoms with E-state index in [4.69, 9.17) is 4.74 Å². The smallest absolute Gasteiger partial charge is 0.410 e. The molecule has 2 amide bonds. The molecule has 190 valence electrons. The third-order valence-corrected chi connectivity index (χ3v) is 9.56. The van der Waals surface area contributed by atoms with Crippen molar-refractivity contribution in [3.8, 4) is 0 Å². The quantitative estimate of drug-likeness (QED) is 0.573. The molecule has 4 rings (SSSR count). The Kier molecular flexibility index (Phi) is 7.35. The largest absolute Gasteiger partial charge is 0.444 e. The van der Waals surface area contributed by atoms with E-state index >= 15 is 0 Å². The maximum atomic E-state index is 13.2. The van der Waals surface area contributed by atoms with E-state index in [2.05, 4.69) is 41.4 Å². The Morgan fingerprint density at radius 2 is 1.74 bits per heavy atom. The molecule has 2 saturated heterocycles. The molecule has 1 spiro atoms. The average Bonchev–Trinajstić information content (AvgIpc) is 3.45. The second kappa shape index (κ2) is 9.81. The number of hydrogen-bond donors (Lipinski definition) is 0. The van der Waals surface area contributed by atoms with E-state index in [1.807, 2.05) is 32.1 Å². The molecular weight excluding hydrogens is 446 g/mol. The number of thiophene rings is 1. The van der Waals surface area contributed by atoms with Crippen LogP contribution in [0.3, 0.4) is 0 Å². The molecule has 3 aliphatic rings. The first-order chi connectivity index (χ1) is 16.0. The lowest BCUT2D eigenvalue weighted by Gasteiger charge is -2.48. The van der Waals surface area contributed by atoms with Crippen LogP contribution in [0, 0.1) is 11.3 Å². The second-order valence-electron chi connectivity index (χ2n) is 12.1. The minimum absolute atomic E-state index is 0.152. The molecule has 0 unspecified atom stereocenters. The third kappa shape index (κ3) is 5.46. The van der Waals surface area contributed by atoms with Gasteiger partial charge in [-0.25, -0.2) is 4.79 Å². The van der Waals surface area contributed by atoms with Crippen LogP contribution in [0.2, 0.25) is 0 Å². The number of rotatable bonds is 4. The predicted octanol–water partition coefficient (Wildman–Crippen LogP) is 5.33. The van der Waals surface area contributed by atoms with Crippen molar-refractivity contribution in [2.24, 2.45) is 11.3 Å². The summed E-state index contributed by atoms with van der Waals surface area (Å²) >= 11 is 1.88. The van der Waals surface area contributed by atoms with Crippen molar-refractivity contribution in [1.29, 1.82) is 0 Å². The molecule has 3 fully saturated rings. The number of carbonyl (C=O) groups is 2. The van der Waals surface area contributed by atoms with Gasteiger partial charge in [0.15, 0.2) is 0 Å². The van der Waals surface area contributed by atoms with Crippen LogP contribution >= 0.6 is 11.3 Å². The van der Waals surface area contributed by atoms with E-state index in [0.29, 0.717) is 36.8 Å². The molecule has 0 bridgehead atoms. The summed E-state index contributed by atoms with van der Waals surface area (Å²) in [6.07, 6.45) is 8.04. The van der Waals surface area contributed by atoms with Gasteiger partial charge < -0.3 is 14.5 Å². The number of amides is 2. The van der Waals surface area contributed by atoms with Gasteiger partial charge in [-0.05, 0) is 103 Å². The Morgan fingerprint density at radius 3 is 2.29 bits per heavy atom. The minimum Gasteiger partial charge on any atom is -0.444 e. The topological polar surface area (TPSA) is 53.1 Å². The van der Waals surface area contributed by atoms with Gasteiger partial charge in [0.05, 0.1) is 5.54 Å². The summed E-state index contributed by atoms with van der Waals surface area (Å²) in [5, 5.41) is 2.19. The van der Waals surface area contributed by atoms with Crippen molar-refractivity contribution < 1.29 is 14.3 Å². The molecule has 0 N–H and O–H groups in total. The molecule has 1 aliphatic carbocycles. The van der Waals surface area contributed by atoms with Crippen molar-refractivity contribution in [2.75, 3.05) is 40.3 Å². The lowest BCUT2D eigenvalue weighted by molar-refractivity contribution is -0.132. The van der Waals surface area contributed by atoms with Crippen LogP contribution in [-0.2, 0) is 15.1 Å². The van der Waals surface area contributed by atoms with Crippen molar-refractivity contribution in [1.82, 2.24) is 14.7 Å². The Hall–Kier alpha value is -1.60. The fraction of sp³-hybridized carbons (Fsp3) is 0.778. The first kappa shape index (κ1) is 25.5. The fourth-order valence-corrected chi connectivity index (χ4v) is 7.30. The van der Waals surface area contributed by atoms with Crippen molar-refractivity contribution >= 4 is 23.3 Å². The normalized spacial score (nSPS) is 28.6. The van der Waals surface area contributed by atoms with Crippen molar-refractivity contribution in [3.05, 3.63) is 22.4 Å². The zero-order valence-electron chi connectivity index (χ0n) is 21.8. The number of likely N-dealkylation sites (tertiary alicyclic amines) is 2. The van der Waals surface area contributed by atoms with E-state index in [0.717, 1.165) is 32.4 Å². The third-order valence-electron chi connectivity index (χ3n) is 8.49. The summed E-state index contributed by atoms with van der Waals surface area (Å²) in [5.74, 6) is 0.685. The van der Waals surface area contributed by atoms with E-state index in [1.54, 1.807) is 4.90 Å². The summed E-state index contributed by atoms with van der Waals surface area (Å²) in [6.45, 7) is 8.90. The minimum atomic E-state index is -0.468. The SMILES string of the molecule is CN(C)C1(c2cccs2)CCC2(CCN(C(=O)CC3CCN(C(=O)OC(C)(C)C)CC3)C2)CC1. The fourth-order valence-electron chi connectivity index (χ4n) is 6.23. The molecule has 34 heavy (non-hydrogen) atoms. The van der Waals surface area contributed by atoms with Gasteiger partial charge in [0.2, 0.25) is 5.91 Å². The molecule has 6 nitrogen and oxygen atoms in total. The molecule has 7 heteroatoms. The van der Waals surface area contributed by atoms with Crippen LogP contribution in [0.15, 0.2) is 17.5 Å². The van der Waals surface area contributed by atoms with Gasteiger partial charge in [0.1, 0.15) is 5.60 Å². The molecule has 2 aliphatic heterocycles. The van der Waals surface area contributed by atoms with Gasteiger partial charge in [0.25, 0.3) is 0 Å². The summed E-state index contributed by atoms with van der Waals surface area (Å²) < 4.78 is 5.50. The average molecular weight is 490 g/mol. The van der Waals surface area contributed by atoms with Crippen LogP contribution in [-0.4, -0.2) is 72.6 Å². The number of nitrogens with zero attached hydrogens (tertiary/aromatic N) is 3. The Balaban J connectivity index is 1.26. The predicted molar refractivity (Wildman–Crippen MR) is 137 cm³/mol. The van der Waals surface area contributed by atoms with Crippen LogP contribution in [0.5, 0.6) is 0 Å². The highest BCUT2D eigenvalue weighted by Gasteiger charge is 2.48. The molecule has 3 heterocycles. The van der Waals surface area contributed by atoms with Crippen LogP contribution in [0.1, 0.15) is 77.0 Å². The maximum absolute atomic E-state index is 13.2. The number of ether oxygens (including phenoxy) is 1. The van der Waals surface area contributed by atoms with Crippen LogP contribution in [0.4, 0.5) is 4.79 Å². The lowest BCUT2D eigenvalue weighted by Crippen LogP contribution is -2.47. The van der Waals surface area contributed by atoms with E-state index in [9.17, 15) is 9.59 Å². The highest BCUT2D eigenvalue weighted by molar-refractivity contribution is 7.10. The molecule has 0 atom stereocenters. The molecular formula is C27H43N3O3S. The van der Waals surface area contributed by atoms with E-state index in [-0.39, 0.29) is 11.6 Å².